The zero-order valence-electron chi connectivity index (χ0n) is 11.1. The van der Waals surface area contributed by atoms with Crippen LogP contribution in [0.25, 0.3) is 0 Å². The SMILES string of the molecule is COCC(CO)Nc1ccc(S(C)(=O)=O)cc1[N+](=O)[O-]. The van der Waals surface area contributed by atoms with E-state index in [1.54, 1.807) is 0 Å². The summed E-state index contributed by atoms with van der Waals surface area (Å²) >= 11 is 0. The van der Waals surface area contributed by atoms with E-state index in [2.05, 4.69) is 5.32 Å². The van der Waals surface area contributed by atoms with Crippen molar-refractivity contribution in [3.63, 3.8) is 0 Å². The van der Waals surface area contributed by atoms with Gasteiger partial charge >= 0.3 is 0 Å². The molecule has 0 fully saturated rings. The van der Waals surface area contributed by atoms with E-state index in [1.165, 1.54) is 19.2 Å². The molecule has 112 valence electrons. The minimum atomic E-state index is -3.53. The molecule has 0 spiro atoms. The number of ether oxygens (including phenoxy) is 1. The van der Waals surface area contributed by atoms with Crippen molar-refractivity contribution in [2.24, 2.45) is 0 Å². The van der Waals surface area contributed by atoms with Gasteiger partial charge in [-0.25, -0.2) is 8.42 Å². The summed E-state index contributed by atoms with van der Waals surface area (Å²) in [4.78, 5) is 10.2. The Morgan fingerprint density at radius 2 is 2.15 bits per heavy atom. The first kappa shape index (κ1) is 16.3. The Morgan fingerprint density at radius 1 is 1.50 bits per heavy atom. The number of benzene rings is 1. The maximum absolute atomic E-state index is 11.4. The van der Waals surface area contributed by atoms with Crippen molar-refractivity contribution in [3.8, 4) is 0 Å². The van der Waals surface area contributed by atoms with Crippen molar-refractivity contribution >= 4 is 21.2 Å². The van der Waals surface area contributed by atoms with Crippen molar-refractivity contribution < 1.29 is 23.2 Å². The lowest BCUT2D eigenvalue weighted by Crippen LogP contribution is -2.29. The molecule has 0 bridgehead atoms. The van der Waals surface area contributed by atoms with Gasteiger partial charge in [0.25, 0.3) is 5.69 Å². The molecule has 9 heteroatoms. The molecular weight excluding hydrogens is 288 g/mol. The molecule has 0 aromatic heterocycles. The molecule has 0 aliphatic rings. The molecule has 1 rings (SSSR count). The van der Waals surface area contributed by atoms with Crippen LogP contribution in [-0.2, 0) is 14.6 Å². The number of hydrogen-bond acceptors (Lipinski definition) is 7. The highest BCUT2D eigenvalue weighted by Crippen LogP contribution is 2.28. The second-order valence-electron chi connectivity index (χ2n) is 4.19. The van der Waals surface area contributed by atoms with Crippen LogP contribution in [0.4, 0.5) is 11.4 Å². The van der Waals surface area contributed by atoms with Crippen LogP contribution in [0.2, 0.25) is 0 Å². The van der Waals surface area contributed by atoms with Crippen molar-refractivity contribution in [1.82, 2.24) is 0 Å². The van der Waals surface area contributed by atoms with Crippen LogP contribution in [0.5, 0.6) is 0 Å². The van der Waals surface area contributed by atoms with Crippen LogP contribution >= 0.6 is 0 Å². The minimum Gasteiger partial charge on any atom is -0.394 e. The number of hydrogen-bond donors (Lipinski definition) is 2. The molecular formula is C11H16N2O6S. The minimum absolute atomic E-state index is 0.124. The van der Waals surface area contributed by atoms with Crippen LogP contribution in [0.15, 0.2) is 23.1 Å². The number of nitrogens with one attached hydrogen (secondary N) is 1. The first-order valence-electron chi connectivity index (χ1n) is 5.64. The Kier molecular flexibility index (Phi) is 5.43. The number of sulfone groups is 1. The van der Waals surface area contributed by atoms with Gasteiger partial charge in [-0.05, 0) is 12.1 Å². The molecule has 0 heterocycles. The van der Waals surface area contributed by atoms with E-state index in [0.717, 1.165) is 12.3 Å². The van der Waals surface area contributed by atoms with E-state index >= 15 is 0 Å². The lowest BCUT2D eigenvalue weighted by Gasteiger charge is -2.16. The van der Waals surface area contributed by atoms with Gasteiger partial charge in [-0.3, -0.25) is 10.1 Å². The maximum Gasteiger partial charge on any atom is 0.293 e. The molecule has 0 aliphatic heterocycles. The molecule has 20 heavy (non-hydrogen) atoms. The lowest BCUT2D eigenvalue weighted by atomic mass is 10.2. The molecule has 2 N–H and O–H groups in total. The van der Waals surface area contributed by atoms with Gasteiger partial charge in [-0.1, -0.05) is 0 Å². The van der Waals surface area contributed by atoms with Crippen LogP contribution in [-0.4, -0.2) is 51.1 Å². The monoisotopic (exact) mass is 304 g/mol. The topological polar surface area (TPSA) is 119 Å². The molecule has 1 aromatic carbocycles. The highest BCUT2D eigenvalue weighted by molar-refractivity contribution is 7.90. The molecule has 0 radical (unpaired) electrons. The van der Waals surface area contributed by atoms with Crippen LogP contribution in [0, 0.1) is 10.1 Å². The van der Waals surface area contributed by atoms with Gasteiger partial charge in [0, 0.05) is 19.4 Å². The molecule has 0 aliphatic carbocycles. The van der Waals surface area contributed by atoms with Crippen LogP contribution < -0.4 is 5.32 Å². The highest BCUT2D eigenvalue weighted by atomic mass is 32.2. The highest BCUT2D eigenvalue weighted by Gasteiger charge is 2.20. The van der Waals surface area contributed by atoms with E-state index in [-0.39, 0.29) is 29.5 Å². The fourth-order valence-corrected chi connectivity index (χ4v) is 2.22. The van der Waals surface area contributed by atoms with E-state index < -0.39 is 20.8 Å². The first-order chi connectivity index (χ1) is 9.29. The molecule has 0 amide bonds. The summed E-state index contributed by atoms with van der Waals surface area (Å²) in [7, 11) is -2.09. The Balaban J connectivity index is 3.17. The standard InChI is InChI=1S/C11H16N2O6S/c1-19-7-8(6-14)12-10-4-3-9(20(2,17)18)5-11(10)13(15)16/h3-5,8,12,14H,6-7H2,1-2H3. The molecule has 1 atom stereocenters. The summed E-state index contributed by atoms with van der Waals surface area (Å²) in [5.41, 5.74) is -0.249. The third kappa shape index (κ3) is 4.15. The number of rotatable bonds is 7. The Morgan fingerprint density at radius 3 is 2.60 bits per heavy atom. The van der Waals surface area contributed by atoms with Gasteiger partial charge in [0.1, 0.15) is 5.69 Å². The van der Waals surface area contributed by atoms with Crippen LogP contribution in [0.3, 0.4) is 0 Å². The van der Waals surface area contributed by atoms with E-state index in [4.69, 9.17) is 9.84 Å². The Hall–Kier alpha value is -1.71. The predicted octanol–water partition coefficient (Wildman–Crippen LogP) is 0.418. The quantitative estimate of drug-likeness (QED) is 0.553. The largest absolute Gasteiger partial charge is 0.394 e. The average molecular weight is 304 g/mol. The van der Waals surface area contributed by atoms with Crippen molar-refractivity contribution in [3.05, 3.63) is 28.3 Å². The van der Waals surface area contributed by atoms with Gasteiger partial charge in [0.05, 0.1) is 29.1 Å². The second-order valence-corrected chi connectivity index (χ2v) is 6.20. The molecule has 1 aromatic rings. The van der Waals surface area contributed by atoms with Gasteiger partial charge in [0.15, 0.2) is 9.84 Å². The number of anilines is 1. The second kappa shape index (κ2) is 6.64. The first-order valence-corrected chi connectivity index (χ1v) is 7.53. The summed E-state index contributed by atoms with van der Waals surface area (Å²) in [6.07, 6.45) is 0.973. The van der Waals surface area contributed by atoms with E-state index in [9.17, 15) is 18.5 Å². The fourth-order valence-electron chi connectivity index (χ4n) is 1.58. The molecule has 1 unspecified atom stereocenters. The summed E-state index contributed by atoms with van der Waals surface area (Å²) in [5.74, 6) is 0. The Labute approximate surface area is 116 Å². The molecule has 8 nitrogen and oxygen atoms in total. The van der Waals surface area contributed by atoms with E-state index in [0.29, 0.717) is 0 Å². The average Bonchev–Trinajstić information content (AvgIpc) is 2.36. The molecule has 0 saturated carbocycles. The lowest BCUT2D eigenvalue weighted by molar-refractivity contribution is -0.384. The normalized spacial score (nSPS) is 12.9. The Bertz CT molecular complexity index is 587. The number of aliphatic hydroxyl groups excluding tert-OH is 1. The van der Waals surface area contributed by atoms with Gasteiger partial charge in [-0.15, -0.1) is 0 Å². The number of nitrogens with zero attached hydrogens (tertiary/aromatic N) is 1. The van der Waals surface area contributed by atoms with Gasteiger partial charge in [-0.2, -0.15) is 0 Å². The summed E-state index contributed by atoms with van der Waals surface area (Å²) in [5, 5.41) is 22.9. The predicted molar refractivity (Wildman–Crippen MR) is 72.6 cm³/mol. The van der Waals surface area contributed by atoms with Crippen molar-refractivity contribution in [2.45, 2.75) is 10.9 Å². The van der Waals surface area contributed by atoms with Gasteiger partial charge in [0.2, 0.25) is 0 Å². The summed E-state index contributed by atoms with van der Waals surface area (Å²) in [6, 6.07) is 3.03. The van der Waals surface area contributed by atoms with E-state index in [1.807, 2.05) is 0 Å². The zero-order chi connectivity index (χ0) is 15.3. The third-order valence-corrected chi connectivity index (χ3v) is 3.65. The maximum atomic E-state index is 11.4. The van der Waals surface area contributed by atoms with Crippen molar-refractivity contribution in [2.75, 3.05) is 31.9 Å². The number of methoxy groups -OCH3 is 1. The van der Waals surface area contributed by atoms with Gasteiger partial charge < -0.3 is 15.2 Å². The summed E-state index contributed by atoms with van der Waals surface area (Å²) in [6.45, 7) is -0.125. The zero-order valence-corrected chi connectivity index (χ0v) is 11.9. The number of aliphatic hydroxyl groups is 1. The third-order valence-electron chi connectivity index (χ3n) is 2.54. The fraction of sp³-hybridized carbons (Fsp3) is 0.455. The summed E-state index contributed by atoms with van der Waals surface area (Å²) < 4.78 is 27.7. The molecule has 0 saturated heterocycles. The smallest absolute Gasteiger partial charge is 0.293 e. The van der Waals surface area contributed by atoms with Crippen LogP contribution in [0.1, 0.15) is 0 Å². The number of nitro benzene ring substituents is 1. The number of nitro groups is 1. The van der Waals surface area contributed by atoms with Crippen molar-refractivity contribution in [1.29, 1.82) is 0 Å².